The smallest absolute Gasteiger partial charge is 0.305 e. The maximum Gasteiger partial charge on any atom is 0.305 e. The van der Waals surface area contributed by atoms with Gasteiger partial charge < -0.3 is 19.7 Å². The largest absolute Gasteiger partial charge is 0.508 e. The van der Waals surface area contributed by atoms with Crippen molar-refractivity contribution in [3.63, 3.8) is 0 Å². The third-order valence-corrected chi connectivity index (χ3v) is 12.1. The number of hydrogen-bond donors (Lipinski definition) is 2. The number of carbonyl (C=O) groups is 2. The van der Waals surface area contributed by atoms with E-state index in [1.165, 1.54) is 127 Å². The molecule has 0 radical (unpaired) electrons. The average molecular weight is 821 g/mol. The lowest BCUT2D eigenvalue weighted by Crippen LogP contribution is -2.28. The Bertz CT molecular complexity index is 1240. The normalized spacial score (nSPS) is 12.7. The Labute approximate surface area is 362 Å². The van der Waals surface area contributed by atoms with Crippen LogP contribution in [-0.2, 0) is 19.1 Å². The van der Waals surface area contributed by atoms with E-state index in [0.29, 0.717) is 36.2 Å². The van der Waals surface area contributed by atoms with Gasteiger partial charge in [-0.15, -0.1) is 0 Å². The van der Waals surface area contributed by atoms with Gasteiger partial charge in [-0.25, -0.2) is 0 Å². The van der Waals surface area contributed by atoms with E-state index < -0.39 is 5.41 Å². The number of aromatic hydroxyl groups is 2. The third-order valence-electron chi connectivity index (χ3n) is 12.1. The molecule has 0 bridgehead atoms. The second-order valence-electron chi connectivity index (χ2n) is 18.5. The molecule has 0 saturated carbocycles. The van der Waals surface area contributed by atoms with Crippen molar-refractivity contribution in [3.05, 3.63) is 59.7 Å². The van der Waals surface area contributed by atoms with Crippen LogP contribution in [-0.4, -0.2) is 35.4 Å². The molecule has 59 heavy (non-hydrogen) atoms. The SMILES string of the molecule is CCCCCCCCCCC(CCCCCCC(=O)OCC(C)(C)COC(=O)CCCCCCC(CCCCCCCCCC)c1cccc(O)c1)c1cccc(O)c1. The van der Waals surface area contributed by atoms with E-state index >= 15 is 0 Å². The molecule has 0 spiro atoms. The number of phenols is 2. The maximum absolute atomic E-state index is 12.5. The summed E-state index contributed by atoms with van der Waals surface area (Å²) >= 11 is 0. The minimum absolute atomic E-state index is 0.180. The first kappa shape index (κ1) is 52.1. The van der Waals surface area contributed by atoms with Gasteiger partial charge in [0.2, 0.25) is 0 Å². The molecule has 2 atom stereocenters. The average Bonchev–Trinajstić information content (AvgIpc) is 3.22. The van der Waals surface area contributed by atoms with Crippen molar-refractivity contribution in [2.75, 3.05) is 13.2 Å². The summed E-state index contributed by atoms with van der Waals surface area (Å²) < 4.78 is 11.2. The quantitative estimate of drug-likeness (QED) is 0.0518. The summed E-state index contributed by atoms with van der Waals surface area (Å²) in [5.74, 6) is 1.28. The predicted molar refractivity (Wildman–Crippen MR) is 247 cm³/mol. The van der Waals surface area contributed by atoms with Crippen LogP contribution in [0.15, 0.2) is 48.5 Å². The molecule has 336 valence electrons. The van der Waals surface area contributed by atoms with Crippen molar-refractivity contribution in [1.29, 1.82) is 0 Å². The van der Waals surface area contributed by atoms with E-state index in [-0.39, 0.29) is 25.2 Å². The number of benzene rings is 2. The highest BCUT2D eigenvalue weighted by molar-refractivity contribution is 5.69. The first-order chi connectivity index (χ1) is 28.6. The Kier molecular flexibility index (Phi) is 29.7. The first-order valence-corrected chi connectivity index (χ1v) is 24.5. The topological polar surface area (TPSA) is 93.1 Å². The van der Waals surface area contributed by atoms with Crippen LogP contribution in [0.3, 0.4) is 0 Å². The summed E-state index contributed by atoms with van der Waals surface area (Å²) in [5.41, 5.74) is 2.06. The van der Waals surface area contributed by atoms with Crippen LogP contribution < -0.4 is 0 Å². The summed E-state index contributed by atoms with van der Waals surface area (Å²) in [6.07, 6.45) is 34.5. The zero-order valence-electron chi connectivity index (χ0n) is 38.4. The molecule has 6 heteroatoms. The molecule has 0 fully saturated rings. The molecule has 0 heterocycles. The summed E-state index contributed by atoms with van der Waals surface area (Å²) in [6.45, 7) is 8.95. The first-order valence-electron chi connectivity index (χ1n) is 24.5. The van der Waals surface area contributed by atoms with E-state index in [1.807, 2.05) is 38.1 Å². The standard InChI is InChI=1S/C53H88O6/c1-5-7-9-11-13-15-17-23-31-45(47-35-29-37-49(54)41-47)33-25-19-21-27-39-51(56)58-43-53(3,4)44-59-52(57)40-28-22-20-26-34-46(48-36-30-38-50(55)42-48)32-24-18-16-14-12-10-8-6-2/h29-30,35-38,41-42,45-46,54-55H,5-28,31-34,39-40,43-44H2,1-4H3. The zero-order chi connectivity index (χ0) is 42.8. The lowest BCUT2D eigenvalue weighted by Gasteiger charge is -2.23. The van der Waals surface area contributed by atoms with Gasteiger partial charge in [0.15, 0.2) is 0 Å². The molecule has 0 aliphatic rings. The molecular weight excluding hydrogens is 733 g/mol. The molecule has 2 rings (SSSR count). The lowest BCUT2D eigenvalue weighted by molar-refractivity contribution is -0.152. The number of phenolic OH excluding ortho intramolecular Hbond substituents is 2. The van der Waals surface area contributed by atoms with Crippen LogP contribution in [0.5, 0.6) is 11.5 Å². The molecule has 2 aromatic carbocycles. The van der Waals surface area contributed by atoms with E-state index in [4.69, 9.17) is 9.47 Å². The Morgan fingerprint density at radius 2 is 0.780 bits per heavy atom. The van der Waals surface area contributed by atoms with Crippen LogP contribution >= 0.6 is 0 Å². The number of hydrogen-bond acceptors (Lipinski definition) is 6. The molecule has 0 amide bonds. The predicted octanol–water partition coefficient (Wildman–Crippen LogP) is 15.8. The van der Waals surface area contributed by atoms with Gasteiger partial charge >= 0.3 is 11.9 Å². The van der Waals surface area contributed by atoms with Gasteiger partial charge in [0.25, 0.3) is 0 Å². The fourth-order valence-corrected chi connectivity index (χ4v) is 8.33. The molecule has 0 saturated heterocycles. The molecule has 2 unspecified atom stereocenters. The summed E-state index contributed by atoms with van der Waals surface area (Å²) in [7, 11) is 0. The van der Waals surface area contributed by atoms with Crippen LogP contribution in [0, 0.1) is 5.41 Å². The Balaban J connectivity index is 1.56. The summed E-state index contributed by atoms with van der Waals surface area (Å²) in [6, 6.07) is 15.6. The highest BCUT2D eigenvalue weighted by Gasteiger charge is 2.23. The van der Waals surface area contributed by atoms with Crippen molar-refractivity contribution in [2.24, 2.45) is 5.41 Å². The van der Waals surface area contributed by atoms with Crippen molar-refractivity contribution in [1.82, 2.24) is 0 Å². The van der Waals surface area contributed by atoms with E-state index in [2.05, 4.69) is 26.0 Å². The van der Waals surface area contributed by atoms with Crippen molar-refractivity contribution < 1.29 is 29.3 Å². The second kappa shape index (κ2) is 33.7. The maximum atomic E-state index is 12.5. The molecule has 0 aliphatic carbocycles. The van der Waals surface area contributed by atoms with Gasteiger partial charge in [-0.2, -0.15) is 0 Å². The number of carbonyl (C=O) groups excluding carboxylic acids is 2. The molecule has 0 aromatic heterocycles. The number of esters is 2. The van der Waals surface area contributed by atoms with Crippen molar-refractivity contribution in [3.8, 4) is 11.5 Å². The minimum atomic E-state index is -0.433. The number of ether oxygens (including phenoxy) is 2. The van der Waals surface area contributed by atoms with Gasteiger partial charge in [-0.3, -0.25) is 9.59 Å². The van der Waals surface area contributed by atoms with Gasteiger partial charge in [-0.1, -0.05) is 193 Å². The monoisotopic (exact) mass is 821 g/mol. The fourth-order valence-electron chi connectivity index (χ4n) is 8.33. The molecule has 2 N–H and O–H groups in total. The van der Waals surface area contributed by atoms with Crippen LogP contribution in [0.2, 0.25) is 0 Å². The summed E-state index contributed by atoms with van der Waals surface area (Å²) in [4.78, 5) is 25.1. The minimum Gasteiger partial charge on any atom is -0.508 e. The number of unbranched alkanes of at least 4 members (excludes halogenated alkanes) is 20. The summed E-state index contributed by atoms with van der Waals surface area (Å²) in [5, 5.41) is 20.2. The van der Waals surface area contributed by atoms with Gasteiger partial charge in [0.05, 0.1) is 13.2 Å². The molecule has 6 nitrogen and oxygen atoms in total. The highest BCUT2D eigenvalue weighted by atomic mass is 16.5. The third kappa shape index (κ3) is 27.4. The molecule has 0 aliphatic heterocycles. The Hall–Kier alpha value is -3.02. The zero-order valence-corrected chi connectivity index (χ0v) is 38.4. The van der Waals surface area contributed by atoms with Gasteiger partial charge in [0.1, 0.15) is 11.5 Å². The number of rotatable bonds is 38. The Morgan fingerprint density at radius 3 is 1.10 bits per heavy atom. The van der Waals surface area contributed by atoms with E-state index in [1.54, 1.807) is 12.1 Å². The van der Waals surface area contributed by atoms with Crippen LogP contribution in [0.25, 0.3) is 0 Å². The Morgan fingerprint density at radius 1 is 0.475 bits per heavy atom. The van der Waals surface area contributed by atoms with Crippen LogP contribution in [0.1, 0.15) is 243 Å². The second-order valence-corrected chi connectivity index (χ2v) is 18.5. The lowest BCUT2D eigenvalue weighted by atomic mass is 9.88. The van der Waals surface area contributed by atoms with Crippen LogP contribution in [0.4, 0.5) is 0 Å². The van der Waals surface area contributed by atoms with E-state index in [0.717, 1.165) is 64.2 Å². The van der Waals surface area contributed by atoms with Gasteiger partial charge in [-0.05, 0) is 85.8 Å². The van der Waals surface area contributed by atoms with Crippen molar-refractivity contribution in [2.45, 2.75) is 232 Å². The molecular formula is C53H88O6. The molecule has 2 aromatic rings. The highest BCUT2D eigenvalue weighted by Crippen LogP contribution is 2.32. The fraction of sp³-hybridized carbons (Fsp3) is 0.736. The van der Waals surface area contributed by atoms with Crippen molar-refractivity contribution >= 4 is 11.9 Å². The van der Waals surface area contributed by atoms with Gasteiger partial charge in [0, 0.05) is 18.3 Å². The van der Waals surface area contributed by atoms with E-state index in [9.17, 15) is 19.8 Å².